The second-order valence-corrected chi connectivity index (χ2v) is 10.2. The Morgan fingerprint density at radius 3 is 2.31 bits per heavy atom. The first kappa shape index (κ1) is 19.0. The summed E-state index contributed by atoms with van der Waals surface area (Å²) < 4.78 is 2.41. The van der Waals surface area contributed by atoms with Crippen LogP contribution < -0.4 is 0 Å². The number of nitrogens with zero attached hydrogens (tertiary/aromatic N) is 2. The minimum atomic E-state index is -0.774. The van der Waals surface area contributed by atoms with E-state index in [0.717, 1.165) is 5.69 Å². The lowest BCUT2D eigenvalue weighted by atomic mass is 10.0. The number of benzene rings is 1. The Morgan fingerprint density at radius 2 is 1.69 bits per heavy atom. The van der Waals surface area contributed by atoms with Crippen LogP contribution in [0.1, 0.15) is 46.0 Å². The SMILES string of the molecule is CC(C)(O)Cc1c(SC(C)(C)C)c2ccccc2n1Cc1ccccn1. The van der Waals surface area contributed by atoms with Gasteiger partial charge in [0.25, 0.3) is 0 Å². The van der Waals surface area contributed by atoms with Crippen LogP contribution in [0.15, 0.2) is 53.6 Å². The molecule has 2 aromatic heterocycles. The molecule has 0 aliphatic heterocycles. The van der Waals surface area contributed by atoms with Gasteiger partial charge >= 0.3 is 0 Å². The van der Waals surface area contributed by atoms with E-state index in [4.69, 9.17) is 0 Å². The minimum absolute atomic E-state index is 0.0916. The average molecular weight is 369 g/mol. The van der Waals surface area contributed by atoms with E-state index in [1.807, 2.05) is 43.9 Å². The first-order valence-electron chi connectivity index (χ1n) is 9.05. The van der Waals surface area contributed by atoms with Crippen LogP contribution in [0.3, 0.4) is 0 Å². The van der Waals surface area contributed by atoms with Gasteiger partial charge in [0.05, 0.1) is 17.8 Å². The van der Waals surface area contributed by atoms with E-state index in [1.54, 1.807) is 0 Å². The normalized spacial score (nSPS) is 12.7. The molecule has 3 nitrogen and oxygen atoms in total. The molecule has 0 fully saturated rings. The monoisotopic (exact) mass is 368 g/mol. The fraction of sp³-hybridized carbons (Fsp3) is 0.409. The number of rotatable bonds is 5. The van der Waals surface area contributed by atoms with Crippen LogP contribution in [0.4, 0.5) is 0 Å². The highest BCUT2D eigenvalue weighted by Crippen LogP contribution is 2.42. The standard InChI is InChI=1S/C22H28N2OS/c1-21(2,3)26-20-17-11-6-7-12-18(17)24(19(20)14-22(4,5)25)15-16-10-8-9-13-23-16/h6-13,25H,14-15H2,1-5H3. The van der Waals surface area contributed by atoms with Crippen molar-refractivity contribution in [2.45, 2.75) is 62.8 Å². The van der Waals surface area contributed by atoms with E-state index in [9.17, 15) is 5.11 Å². The van der Waals surface area contributed by atoms with Crippen LogP contribution in [0.25, 0.3) is 10.9 Å². The van der Waals surface area contributed by atoms with Gasteiger partial charge in [-0.2, -0.15) is 0 Å². The van der Waals surface area contributed by atoms with E-state index in [1.165, 1.54) is 21.5 Å². The number of aromatic nitrogens is 2. The van der Waals surface area contributed by atoms with Gasteiger partial charge in [-0.3, -0.25) is 4.98 Å². The van der Waals surface area contributed by atoms with Crippen molar-refractivity contribution in [3.63, 3.8) is 0 Å². The number of pyridine rings is 1. The van der Waals surface area contributed by atoms with Crippen molar-refractivity contribution in [2.75, 3.05) is 0 Å². The molecule has 1 N–H and O–H groups in total. The lowest BCUT2D eigenvalue weighted by molar-refractivity contribution is 0.0785. The van der Waals surface area contributed by atoms with Gasteiger partial charge in [-0.25, -0.2) is 0 Å². The third-order valence-corrected chi connectivity index (χ3v) is 5.35. The van der Waals surface area contributed by atoms with Crippen LogP contribution in [0.5, 0.6) is 0 Å². The van der Waals surface area contributed by atoms with Gasteiger partial charge in [0.1, 0.15) is 0 Å². The first-order valence-corrected chi connectivity index (χ1v) is 9.87. The Bertz CT molecular complexity index is 886. The topological polar surface area (TPSA) is 38.0 Å². The summed E-state index contributed by atoms with van der Waals surface area (Å²) in [5.74, 6) is 0. The average Bonchev–Trinajstić information content (AvgIpc) is 2.80. The van der Waals surface area contributed by atoms with Crippen LogP contribution in [-0.2, 0) is 13.0 Å². The molecule has 0 radical (unpaired) electrons. The number of fused-ring (bicyclic) bond motifs is 1. The highest BCUT2D eigenvalue weighted by molar-refractivity contribution is 8.00. The number of para-hydroxylation sites is 1. The van der Waals surface area contributed by atoms with E-state index in [2.05, 4.69) is 60.7 Å². The second kappa shape index (κ2) is 7.09. The Labute approximate surface area is 160 Å². The molecule has 3 rings (SSSR count). The maximum atomic E-state index is 10.6. The summed E-state index contributed by atoms with van der Waals surface area (Å²) in [5.41, 5.74) is 2.63. The fourth-order valence-corrected chi connectivity index (χ4v) is 4.36. The third-order valence-electron chi connectivity index (χ3n) is 4.08. The number of aliphatic hydroxyl groups is 1. The summed E-state index contributed by atoms with van der Waals surface area (Å²) in [6.45, 7) is 11.2. The van der Waals surface area contributed by atoms with Crippen LogP contribution in [-0.4, -0.2) is 25.0 Å². The third kappa shape index (κ3) is 4.49. The van der Waals surface area contributed by atoms with Gasteiger partial charge in [-0.1, -0.05) is 45.0 Å². The van der Waals surface area contributed by atoms with Gasteiger partial charge in [0.2, 0.25) is 0 Å². The maximum Gasteiger partial charge on any atom is 0.0651 e. The van der Waals surface area contributed by atoms with Crippen molar-refractivity contribution < 1.29 is 5.11 Å². The molecule has 138 valence electrons. The summed E-state index contributed by atoms with van der Waals surface area (Å²) in [6, 6.07) is 14.5. The van der Waals surface area contributed by atoms with Gasteiger partial charge in [-0.15, -0.1) is 11.8 Å². The van der Waals surface area contributed by atoms with E-state index < -0.39 is 5.60 Å². The lowest BCUT2D eigenvalue weighted by Gasteiger charge is -2.23. The zero-order chi connectivity index (χ0) is 18.9. The zero-order valence-electron chi connectivity index (χ0n) is 16.3. The Balaban J connectivity index is 2.21. The van der Waals surface area contributed by atoms with Crippen molar-refractivity contribution in [2.24, 2.45) is 0 Å². The largest absolute Gasteiger partial charge is 0.390 e. The van der Waals surface area contributed by atoms with Crippen molar-refractivity contribution in [1.29, 1.82) is 0 Å². The molecule has 3 aromatic rings. The van der Waals surface area contributed by atoms with Gasteiger partial charge in [0.15, 0.2) is 0 Å². The molecule has 0 bridgehead atoms. The molecule has 0 saturated heterocycles. The van der Waals surface area contributed by atoms with Crippen molar-refractivity contribution in [3.05, 3.63) is 60.0 Å². The maximum absolute atomic E-state index is 10.6. The molecule has 0 saturated carbocycles. The Hall–Kier alpha value is -1.78. The highest BCUT2D eigenvalue weighted by Gasteiger charge is 2.26. The molecular weight excluding hydrogens is 340 g/mol. The van der Waals surface area contributed by atoms with E-state index in [-0.39, 0.29) is 4.75 Å². The van der Waals surface area contributed by atoms with Gasteiger partial charge in [0, 0.05) is 38.9 Å². The second-order valence-electron chi connectivity index (χ2n) is 8.40. The molecule has 2 heterocycles. The molecule has 0 aliphatic rings. The first-order chi connectivity index (χ1) is 12.1. The van der Waals surface area contributed by atoms with Crippen LogP contribution >= 0.6 is 11.8 Å². The van der Waals surface area contributed by atoms with Crippen LogP contribution in [0.2, 0.25) is 0 Å². The molecule has 0 unspecified atom stereocenters. The molecule has 0 aliphatic carbocycles. The van der Waals surface area contributed by atoms with Gasteiger partial charge < -0.3 is 9.67 Å². The van der Waals surface area contributed by atoms with E-state index >= 15 is 0 Å². The number of thioether (sulfide) groups is 1. The van der Waals surface area contributed by atoms with Crippen molar-refractivity contribution in [3.8, 4) is 0 Å². The molecule has 0 atom stereocenters. The van der Waals surface area contributed by atoms with E-state index in [0.29, 0.717) is 13.0 Å². The smallest absolute Gasteiger partial charge is 0.0651 e. The van der Waals surface area contributed by atoms with Crippen molar-refractivity contribution >= 4 is 22.7 Å². The molecule has 4 heteroatoms. The summed E-state index contributed by atoms with van der Waals surface area (Å²) in [7, 11) is 0. The van der Waals surface area contributed by atoms with Crippen LogP contribution in [0, 0.1) is 0 Å². The summed E-state index contributed by atoms with van der Waals surface area (Å²) >= 11 is 1.88. The summed E-state index contributed by atoms with van der Waals surface area (Å²) in [6.07, 6.45) is 2.44. The number of hydrogen-bond donors (Lipinski definition) is 1. The predicted octanol–water partition coefficient (Wildman–Crippen LogP) is 5.29. The minimum Gasteiger partial charge on any atom is -0.390 e. The Kier molecular flexibility index (Phi) is 5.18. The number of hydrogen-bond acceptors (Lipinski definition) is 3. The molecule has 1 aromatic carbocycles. The van der Waals surface area contributed by atoms with Gasteiger partial charge in [-0.05, 0) is 32.0 Å². The quantitative estimate of drug-likeness (QED) is 0.622. The summed E-state index contributed by atoms with van der Waals surface area (Å²) in [4.78, 5) is 5.78. The highest BCUT2D eigenvalue weighted by atomic mass is 32.2. The fourth-order valence-electron chi connectivity index (χ4n) is 3.16. The van der Waals surface area contributed by atoms with Crippen molar-refractivity contribution in [1.82, 2.24) is 9.55 Å². The molecular formula is C22H28N2OS. The summed E-state index contributed by atoms with van der Waals surface area (Å²) in [5, 5.41) is 11.8. The predicted molar refractivity (Wildman–Crippen MR) is 111 cm³/mol. The molecule has 0 amide bonds. The Morgan fingerprint density at radius 1 is 1.00 bits per heavy atom. The lowest BCUT2D eigenvalue weighted by Crippen LogP contribution is -2.24. The molecule has 0 spiro atoms. The molecule has 26 heavy (non-hydrogen) atoms. The zero-order valence-corrected chi connectivity index (χ0v) is 17.1.